The van der Waals surface area contributed by atoms with Crippen molar-refractivity contribution in [2.45, 2.75) is 38.8 Å². The van der Waals surface area contributed by atoms with Gasteiger partial charge in [-0.05, 0) is 77.2 Å². The maximum absolute atomic E-state index is 13.3. The molecule has 2 aromatic rings. The SMILES string of the molecule is CC(C)[C@@H](C(=O)Nc1ccc(I)cc1Cl)N1C(=O)N[C@H](c2ccc(OCC(=O)N3CCCC3)cc2)C1=O. The van der Waals surface area contributed by atoms with E-state index in [1.165, 1.54) is 0 Å². The number of imide groups is 1. The zero-order valence-corrected chi connectivity index (χ0v) is 23.4. The first kappa shape index (κ1) is 27.2. The van der Waals surface area contributed by atoms with Crippen LogP contribution in [0.2, 0.25) is 5.02 Å². The Kier molecular flexibility index (Phi) is 8.58. The van der Waals surface area contributed by atoms with Crippen LogP contribution in [0, 0.1) is 9.49 Å². The molecule has 2 fully saturated rings. The summed E-state index contributed by atoms with van der Waals surface area (Å²) in [6, 6.07) is 9.20. The number of urea groups is 1. The first-order chi connectivity index (χ1) is 17.7. The highest BCUT2D eigenvalue weighted by atomic mass is 127. The normalized spacial score (nSPS) is 18.2. The molecule has 0 radical (unpaired) electrons. The molecule has 2 N–H and O–H groups in total. The van der Waals surface area contributed by atoms with Crippen LogP contribution in [0.25, 0.3) is 0 Å². The van der Waals surface area contributed by atoms with Crippen molar-refractivity contribution in [1.29, 1.82) is 0 Å². The molecule has 2 aliphatic heterocycles. The van der Waals surface area contributed by atoms with E-state index in [-0.39, 0.29) is 18.4 Å². The third-order valence-electron chi connectivity index (χ3n) is 6.37. The van der Waals surface area contributed by atoms with E-state index in [1.807, 2.05) is 0 Å². The molecule has 0 aliphatic carbocycles. The average Bonchev–Trinajstić information content (AvgIpc) is 3.49. The van der Waals surface area contributed by atoms with E-state index < -0.39 is 29.9 Å². The summed E-state index contributed by atoms with van der Waals surface area (Å²) < 4.78 is 6.51. The summed E-state index contributed by atoms with van der Waals surface area (Å²) in [6.45, 7) is 5.00. The number of likely N-dealkylation sites (tertiary alicyclic amines) is 1. The summed E-state index contributed by atoms with van der Waals surface area (Å²) in [5.74, 6) is -0.946. The Morgan fingerprint density at radius 2 is 1.81 bits per heavy atom. The monoisotopic (exact) mass is 638 g/mol. The number of carbonyl (C=O) groups is 4. The zero-order chi connectivity index (χ0) is 26.7. The van der Waals surface area contributed by atoms with Crippen LogP contribution in [0.1, 0.15) is 38.3 Å². The Labute approximate surface area is 234 Å². The number of amides is 5. The van der Waals surface area contributed by atoms with Crippen LogP contribution < -0.4 is 15.4 Å². The summed E-state index contributed by atoms with van der Waals surface area (Å²) in [5.41, 5.74) is 0.947. The second-order valence-corrected chi connectivity index (χ2v) is 11.0. The molecule has 11 heteroatoms. The number of anilines is 1. The maximum Gasteiger partial charge on any atom is 0.325 e. The quantitative estimate of drug-likeness (QED) is 0.333. The molecule has 5 amide bonds. The zero-order valence-electron chi connectivity index (χ0n) is 20.5. The summed E-state index contributed by atoms with van der Waals surface area (Å²) in [5, 5.41) is 5.79. The van der Waals surface area contributed by atoms with Crippen LogP contribution in [0.5, 0.6) is 5.75 Å². The van der Waals surface area contributed by atoms with Crippen LogP contribution in [-0.2, 0) is 14.4 Å². The van der Waals surface area contributed by atoms with E-state index in [4.69, 9.17) is 16.3 Å². The Morgan fingerprint density at radius 1 is 1.14 bits per heavy atom. The van der Waals surface area contributed by atoms with E-state index >= 15 is 0 Å². The largest absolute Gasteiger partial charge is 0.484 e. The van der Waals surface area contributed by atoms with Crippen molar-refractivity contribution in [1.82, 2.24) is 15.1 Å². The molecule has 0 saturated carbocycles. The van der Waals surface area contributed by atoms with Crippen molar-refractivity contribution < 1.29 is 23.9 Å². The van der Waals surface area contributed by atoms with Crippen LogP contribution in [0.4, 0.5) is 10.5 Å². The van der Waals surface area contributed by atoms with Crippen LogP contribution >= 0.6 is 34.2 Å². The van der Waals surface area contributed by atoms with Crippen molar-refractivity contribution in [3.8, 4) is 5.75 Å². The van der Waals surface area contributed by atoms with Crippen LogP contribution in [0.3, 0.4) is 0 Å². The van der Waals surface area contributed by atoms with Crippen molar-refractivity contribution in [2.24, 2.45) is 5.92 Å². The number of carbonyl (C=O) groups excluding carboxylic acids is 4. The minimum absolute atomic E-state index is 0.0536. The molecule has 9 nitrogen and oxygen atoms in total. The molecule has 2 saturated heterocycles. The standard InChI is InChI=1S/C26H28ClIN4O5/c1-15(2)23(24(34)29-20-10-7-17(28)13-19(20)27)32-25(35)22(30-26(32)36)16-5-8-18(9-6-16)37-14-21(33)31-11-3-4-12-31/h5-10,13,15,22-23H,3-4,11-12,14H2,1-2H3,(H,29,34)(H,30,36)/t22-,23+/m1/s1. The average molecular weight is 639 g/mol. The number of benzene rings is 2. The third kappa shape index (κ3) is 6.18. The molecule has 2 heterocycles. The number of hydrogen-bond donors (Lipinski definition) is 2. The number of nitrogens with one attached hydrogen (secondary N) is 2. The van der Waals surface area contributed by atoms with Gasteiger partial charge in [0.1, 0.15) is 17.8 Å². The Balaban J connectivity index is 1.43. The minimum atomic E-state index is -1.04. The van der Waals surface area contributed by atoms with Crippen LogP contribution in [0.15, 0.2) is 42.5 Å². The second kappa shape index (κ2) is 11.7. The van der Waals surface area contributed by atoms with Gasteiger partial charge in [0.05, 0.1) is 10.7 Å². The molecule has 0 unspecified atom stereocenters. The lowest BCUT2D eigenvalue weighted by Crippen LogP contribution is -2.50. The smallest absolute Gasteiger partial charge is 0.325 e. The van der Waals surface area contributed by atoms with Gasteiger partial charge < -0.3 is 20.3 Å². The highest BCUT2D eigenvalue weighted by Crippen LogP contribution is 2.29. The van der Waals surface area contributed by atoms with Gasteiger partial charge in [-0.25, -0.2) is 9.69 Å². The molecule has 0 bridgehead atoms. The predicted octanol–water partition coefficient (Wildman–Crippen LogP) is 4.20. The highest BCUT2D eigenvalue weighted by molar-refractivity contribution is 14.1. The molecular weight excluding hydrogens is 611 g/mol. The number of nitrogens with zero attached hydrogens (tertiary/aromatic N) is 2. The fourth-order valence-corrected chi connectivity index (χ4v) is 5.36. The van der Waals surface area contributed by atoms with Crippen molar-refractivity contribution in [3.63, 3.8) is 0 Å². The first-order valence-electron chi connectivity index (χ1n) is 12.1. The van der Waals surface area contributed by atoms with Gasteiger partial charge in [-0.2, -0.15) is 0 Å². The molecule has 2 atom stereocenters. The van der Waals surface area contributed by atoms with Gasteiger partial charge in [-0.15, -0.1) is 0 Å². The fraction of sp³-hybridized carbons (Fsp3) is 0.385. The first-order valence-corrected chi connectivity index (χ1v) is 13.5. The molecule has 37 heavy (non-hydrogen) atoms. The highest BCUT2D eigenvalue weighted by Gasteiger charge is 2.46. The van der Waals surface area contributed by atoms with E-state index in [1.54, 1.807) is 61.2 Å². The van der Waals surface area contributed by atoms with Crippen LogP contribution in [-0.4, -0.2) is 59.3 Å². The number of rotatable bonds is 8. The lowest BCUT2D eigenvalue weighted by atomic mass is 10.0. The minimum Gasteiger partial charge on any atom is -0.484 e. The number of halogens is 2. The van der Waals surface area contributed by atoms with Crippen molar-refractivity contribution in [3.05, 3.63) is 56.6 Å². The van der Waals surface area contributed by atoms with E-state index in [0.717, 1.165) is 34.4 Å². The summed E-state index contributed by atoms with van der Waals surface area (Å²) in [4.78, 5) is 54.3. The second-order valence-electron chi connectivity index (χ2n) is 9.34. The topological polar surface area (TPSA) is 108 Å². The lowest BCUT2D eigenvalue weighted by molar-refractivity contribution is -0.135. The fourth-order valence-electron chi connectivity index (χ4n) is 4.46. The predicted molar refractivity (Wildman–Crippen MR) is 147 cm³/mol. The molecule has 4 rings (SSSR count). The third-order valence-corrected chi connectivity index (χ3v) is 7.36. The van der Waals surface area contributed by atoms with Gasteiger partial charge in [0.25, 0.3) is 11.8 Å². The molecular formula is C26H28ClIN4O5. The van der Waals surface area contributed by atoms with E-state index in [2.05, 4.69) is 33.2 Å². The Morgan fingerprint density at radius 3 is 2.43 bits per heavy atom. The molecule has 2 aliphatic rings. The lowest BCUT2D eigenvalue weighted by Gasteiger charge is -2.27. The number of ether oxygens (including phenoxy) is 1. The van der Waals surface area contributed by atoms with Crippen molar-refractivity contribution >= 4 is 63.6 Å². The summed E-state index contributed by atoms with van der Waals surface area (Å²) in [7, 11) is 0. The van der Waals surface area contributed by atoms with Gasteiger partial charge in [0.2, 0.25) is 5.91 Å². The van der Waals surface area contributed by atoms with Gasteiger partial charge in [0.15, 0.2) is 6.61 Å². The Hall–Kier alpha value is -2.86. The van der Waals surface area contributed by atoms with Gasteiger partial charge in [-0.1, -0.05) is 37.6 Å². The molecule has 196 valence electrons. The molecule has 0 aromatic heterocycles. The molecule has 0 spiro atoms. The van der Waals surface area contributed by atoms with E-state index in [0.29, 0.717) is 22.0 Å². The van der Waals surface area contributed by atoms with Gasteiger partial charge in [-0.3, -0.25) is 14.4 Å². The maximum atomic E-state index is 13.3. The number of hydrogen-bond acceptors (Lipinski definition) is 5. The Bertz CT molecular complexity index is 1200. The van der Waals surface area contributed by atoms with Gasteiger partial charge in [0, 0.05) is 16.7 Å². The molecule has 2 aromatic carbocycles. The van der Waals surface area contributed by atoms with Gasteiger partial charge >= 0.3 is 6.03 Å². The summed E-state index contributed by atoms with van der Waals surface area (Å²) >= 11 is 8.37. The van der Waals surface area contributed by atoms with E-state index in [9.17, 15) is 19.2 Å². The van der Waals surface area contributed by atoms with Crippen molar-refractivity contribution in [2.75, 3.05) is 25.0 Å². The summed E-state index contributed by atoms with van der Waals surface area (Å²) in [6.07, 6.45) is 2.02.